The second kappa shape index (κ2) is 7.55. The summed E-state index contributed by atoms with van der Waals surface area (Å²) in [5.41, 5.74) is 5.53. The number of esters is 1. The Morgan fingerprint density at radius 2 is 1.80 bits per heavy atom. The minimum Gasteiger partial charge on any atom is -0.466 e. The molecule has 0 unspecified atom stereocenters. The van der Waals surface area contributed by atoms with E-state index in [-0.39, 0.29) is 11.9 Å². The van der Waals surface area contributed by atoms with Crippen LogP contribution in [0.1, 0.15) is 24.2 Å². The minimum absolute atomic E-state index is 0.211. The highest BCUT2D eigenvalue weighted by molar-refractivity contribution is 5.92. The SMILES string of the molecule is CCOC(C)=O.NC(=O)c1ccccc1. The molecular weight excluding hydrogens is 194 g/mol. The highest BCUT2D eigenvalue weighted by Gasteiger charge is 1.93. The Kier molecular flexibility index (Phi) is 6.63. The summed E-state index contributed by atoms with van der Waals surface area (Å²) in [7, 11) is 0. The predicted octanol–water partition coefficient (Wildman–Crippen LogP) is 1.35. The Morgan fingerprint density at radius 3 is 2.00 bits per heavy atom. The topological polar surface area (TPSA) is 69.4 Å². The predicted molar refractivity (Wildman–Crippen MR) is 57.3 cm³/mol. The second-order valence-electron chi connectivity index (χ2n) is 2.65. The summed E-state index contributed by atoms with van der Waals surface area (Å²) < 4.78 is 4.40. The van der Waals surface area contributed by atoms with Gasteiger partial charge in [0.25, 0.3) is 0 Å². The van der Waals surface area contributed by atoms with Crippen LogP contribution in [-0.2, 0) is 9.53 Å². The van der Waals surface area contributed by atoms with Gasteiger partial charge in [-0.05, 0) is 19.1 Å². The van der Waals surface area contributed by atoms with Crippen molar-refractivity contribution in [3.05, 3.63) is 35.9 Å². The molecule has 0 saturated heterocycles. The number of carbonyl (C=O) groups excluding carboxylic acids is 2. The van der Waals surface area contributed by atoms with Crippen molar-refractivity contribution in [3.8, 4) is 0 Å². The molecule has 0 aromatic heterocycles. The molecule has 0 aliphatic rings. The van der Waals surface area contributed by atoms with Crippen LogP contribution in [0.4, 0.5) is 0 Å². The minimum atomic E-state index is -0.379. The summed E-state index contributed by atoms with van der Waals surface area (Å²) in [5, 5.41) is 0. The second-order valence-corrected chi connectivity index (χ2v) is 2.65. The van der Waals surface area contributed by atoms with Gasteiger partial charge in [0.1, 0.15) is 0 Å². The molecule has 82 valence electrons. The summed E-state index contributed by atoms with van der Waals surface area (Å²) >= 11 is 0. The number of amides is 1. The monoisotopic (exact) mass is 209 g/mol. The first-order chi connectivity index (χ1) is 7.07. The van der Waals surface area contributed by atoms with Crippen LogP contribution in [0, 0.1) is 0 Å². The summed E-state index contributed by atoms with van der Waals surface area (Å²) in [4.78, 5) is 20.2. The highest BCUT2D eigenvalue weighted by atomic mass is 16.5. The number of nitrogens with two attached hydrogens (primary N) is 1. The van der Waals surface area contributed by atoms with Gasteiger partial charge in [0.15, 0.2) is 0 Å². The van der Waals surface area contributed by atoms with E-state index >= 15 is 0 Å². The Labute approximate surface area is 89.0 Å². The molecule has 0 heterocycles. The average Bonchev–Trinajstić information content (AvgIpc) is 2.20. The summed E-state index contributed by atoms with van der Waals surface area (Å²) in [6.07, 6.45) is 0. The normalized spacial score (nSPS) is 8.40. The van der Waals surface area contributed by atoms with Gasteiger partial charge in [0, 0.05) is 12.5 Å². The molecule has 1 rings (SSSR count). The van der Waals surface area contributed by atoms with Crippen molar-refractivity contribution in [1.29, 1.82) is 0 Å². The molecule has 4 nitrogen and oxygen atoms in total. The zero-order valence-electron chi connectivity index (χ0n) is 8.90. The maximum atomic E-state index is 10.4. The fourth-order valence-corrected chi connectivity index (χ4v) is 0.806. The van der Waals surface area contributed by atoms with E-state index in [1.807, 2.05) is 6.07 Å². The Bertz CT molecular complexity index is 309. The van der Waals surface area contributed by atoms with E-state index in [2.05, 4.69) is 4.74 Å². The lowest BCUT2D eigenvalue weighted by Gasteiger charge is -1.89. The van der Waals surface area contributed by atoms with E-state index in [0.29, 0.717) is 12.2 Å². The molecule has 0 aliphatic heterocycles. The molecule has 15 heavy (non-hydrogen) atoms. The van der Waals surface area contributed by atoms with Gasteiger partial charge < -0.3 is 10.5 Å². The van der Waals surface area contributed by atoms with E-state index in [1.54, 1.807) is 31.2 Å². The van der Waals surface area contributed by atoms with Gasteiger partial charge in [-0.25, -0.2) is 0 Å². The number of rotatable bonds is 2. The van der Waals surface area contributed by atoms with Gasteiger partial charge in [-0.15, -0.1) is 0 Å². The van der Waals surface area contributed by atoms with Crippen LogP contribution in [0.5, 0.6) is 0 Å². The van der Waals surface area contributed by atoms with Crippen molar-refractivity contribution >= 4 is 11.9 Å². The molecule has 1 aromatic carbocycles. The number of hydrogen-bond acceptors (Lipinski definition) is 3. The van der Waals surface area contributed by atoms with Crippen LogP contribution < -0.4 is 5.73 Å². The third-order valence-corrected chi connectivity index (χ3v) is 1.41. The van der Waals surface area contributed by atoms with E-state index in [0.717, 1.165) is 0 Å². The summed E-state index contributed by atoms with van der Waals surface area (Å²) in [6, 6.07) is 8.76. The Balaban J connectivity index is 0.000000288. The first-order valence-electron chi connectivity index (χ1n) is 4.56. The van der Waals surface area contributed by atoms with Crippen molar-refractivity contribution < 1.29 is 14.3 Å². The molecule has 0 saturated carbocycles. The Morgan fingerprint density at radius 1 is 1.27 bits per heavy atom. The molecule has 0 aliphatic carbocycles. The molecule has 4 heteroatoms. The van der Waals surface area contributed by atoms with Gasteiger partial charge >= 0.3 is 5.97 Å². The summed E-state index contributed by atoms with van der Waals surface area (Å²) in [6.45, 7) is 3.65. The molecule has 0 spiro atoms. The van der Waals surface area contributed by atoms with E-state index in [9.17, 15) is 9.59 Å². The smallest absolute Gasteiger partial charge is 0.302 e. The van der Waals surface area contributed by atoms with E-state index in [4.69, 9.17) is 5.73 Å². The molecule has 2 N–H and O–H groups in total. The fourth-order valence-electron chi connectivity index (χ4n) is 0.806. The van der Waals surface area contributed by atoms with E-state index < -0.39 is 0 Å². The average molecular weight is 209 g/mol. The van der Waals surface area contributed by atoms with Gasteiger partial charge in [0.05, 0.1) is 6.61 Å². The van der Waals surface area contributed by atoms with Gasteiger partial charge in [-0.3, -0.25) is 9.59 Å². The highest BCUT2D eigenvalue weighted by Crippen LogP contribution is 1.94. The van der Waals surface area contributed by atoms with Crippen molar-refractivity contribution in [2.45, 2.75) is 13.8 Å². The number of hydrogen-bond donors (Lipinski definition) is 1. The largest absolute Gasteiger partial charge is 0.466 e. The van der Waals surface area contributed by atoms with Crippen LogP contribution in [0.3, 0.4) is 0 Å². The van der Waals surface area contributed by atoms with Crippen LogP contribution in [-0.4, -0.2) is 18.5 Å². The first kappa shape index (κ1) is 13.2. The summed E-state index contributed by atoms with van der Waals surface area (Å²) in [5.74, 6) is -0.590. The van der Waals surface area contributed by atoms with Crippen LogP contribution in [0.2, 0.25) is 0 Å². The number of ether oxygens (including phenoxy) is 1. The van der Waals surface area contributed by atoms with E-state index in [1.165, 1.54) is 6.92 Å². The quantitative estimate of drug-likeness (QED) is 0.747. The third-order valence-electron chi connectivity index (χ3n) is 1.41. The van der Waals surface area contributed by atoms with Gasteiger partial charge in [-0.2, -0.15) is 0 Å². The van der Waals surface area contributed by atoms with Crippen LogP contribution in [0.15, 0.2) is 30.3 Å². The number of benzene rings is 1. The lowest BCUT2D eigenvalue weighted by molar-refractivity contribution is -0.140. The van der Waals surface area contributed by atoms with Gasteiger partial charge in [-0.1, -0.05) is 18.2 Å². The fraction of sp³-hybridized carbons (Fsp3) is 0.273. The number of carbonyl (C=O) groups is 2. The molecule has 0 fully saturated rings. The number of primary amides is 1. The zero-order valence-corrected chi connectivity index (χ0v) is 8.90. The molecule has 1 aromatic rings. The maximum Gasteiger partial charge on any atom is 0.302 e. The molecule has 1 amide bonds. The van der Waals surface area contributed by atoms with Crippen molar-refractivity contribution in [3.63, 3.8) is 0 Å². The third kappa shape index (κ3) is 7.25. The van der Waals surface area contributed by atoms with Crippen molar-refractivity contribution in [2.24, 2.45) is 5.73 Å². The maximum absolute atomic E-state index is 10.4. The molecule has 0 radical (unpaired) electrons. The Hall–Kier alpha value is -1.84. The van der Waals surface area contributed by atoms with Crippen LogP contribution >= 0.6 is 0 Å². The van der Waals surface area contributed by atoms with Crippen molar-refractivity contribution in [2.75, 3.05) is 6.61 Å². The lowest BCUT2D eigenvalue weighted by Crippen LogP contribution is -2.09. The molecule has 0 atom stereocenters. The zero-order chi connectivity index (χ0) is 11.7. The molecule has 0 bridgehead atoms. The molecular formula is C11H15NO3. The van der Waals surface area contributed by atoms with Gasteiger partial charge in [0.2, 0.25) is 5.91 Å². The first-order valence-corrected chi connectivity index (χ1v) is 4.56. The lowest BCUT2D eigenvalue weighted by atomic mass is 10.2. The van der Waals surface area contributed by atoms with Crippen molar-refractivity contribution in [1.82, 2.24) is 0 Å². The standard InChI is InChI=1S/C7H7NO.C4H8O2/c8-7(9)6-4-2-1-3-5-6;1-3-6-4(2)5/h1-5H,(H2,8,9);3H2,1-2H3. The van der Waals surface area contributed by atoms with Crippen LogP contribution in [0.25, 0.3) is 0 Å².